The number of anilines is 1. The van der Waals surface area contributed by atoms with E-state index in [2.05, 4.69) is 15.4 Å². The summed E-state index contributed by atoms with van der Waals surface area (Å²) in [6, 6.07) is 3.09. The molecule has 2 aromatic rings. The van der Waals surface area contributed by atoms with Gasteiger partial charge in [-0.1, -0.05) is 11.6 Å². The average Bonchev–Trinajstić information content (AvgIpc) is 3.01. The summed E-state index contributed by atoms with van der Waals surface area (Å²) < 4.78 is 21.3. The van der Waals surface area contributed by atoms with Crippen molar-refractivity contribution < 1.29 is 9.13 Å². The van der Waals surface area contributed by atoms with Gasteiger partial charge in [-0.2, -0.15) is 5.10 Å². The second kappa shape index (κ2) is 5.38. The van der Waals surface area contributed by atoms with Crippen LogP contribution in [0, 0.1) is 5.82 Å². The van der Waals surface area contributed by atoms with Gasteiger partial charge in [0.15, 0.2) is 11.6 Å². The van der Waals surface area contributed by atoms with E-state index >= 15 is 0 Å². The average molecular weight is 297 g/mol. The Labute approximate surface area is 120 Å². The van der Waals surface area contributed by atoms with Crippen LogP contribution in [0.4, 0.5) is 10.2 Å². The number of halogens is 2. The summed E-state index contributed by atoms with van der Waals surface area (Å²) in [5.74, 6) is -0.273. The Bertz CT molecular complexity index is 618. The molecule has 0 amide bonds. The maximum Gasteiger partial charge on any atom is 0.166 e. The van der Waals surface area contributed by atoms with Gasteiger partial charge in [-0.25, -0.2) is 9.37 Å². The molecule has 1 N–H and O–H groups in total. The summed E-state index contributed by atoms with van der Waals surface area (Å²) in [4.78, 5) is 3.98. The van der Waals surface area contributed by atoms with E-state index in [0.717, 1.165) is 12.1 Å². The highest BCUT2D eigenvalue weighted by Crippen LogP contribution is 2.31. The molecule has 0 saturated carbocycles. The highest BCUT2D eigenvalue weighted by atomic mass is 35.5. The normalized spacial score (nSPS) is 22.1. The molecule has 0 bridgehead atoms. The number of ether oxygens (including phenoxy) is 1. The molecule has 1 aliphatic rings. The lowest BCUT2D eigenvalue weighted by molar-refractivity contribution is 0.101. The lowest BCUT2D eigenvalue weighted by atomic mass is 10.1. The molecule has 2 aromatic heterocycles. The zero-order valence-corrected chi connectivity index (χ0v) is 11.6. The van der Waals surface area contributed by atoms with Gasteiger partial charge in [0, 0.05) is 26.0 Å². The van der Waals surface area contributed by atoms with Gasteiger partial charge in [0.1, 0.15) is 6.10 Å². The Kier molecular flexibility index (Phi) is 3.58. The van der Waals surface area contributed by atoms with Crippen LogP contribution in [0.25, 0.3) is 0 Å². The second-order valence-corrected chi connectivity index (χ2v) is 5.13. The van der Waals surface area contributed by atoms with E-state index in [9.17, 15) is 4.39 Å². The Hall–Kier alpha value is -1.66. The van der Waals surface area contributed by atoms with Crippen LogP contribution in [-0.4, -0.2) is 27.4 Å². The van der Waals surface area contributed by atoms with Crippen LogP contribution in [0.2, 0.25) is 5.02 Å². The van der Waals surface area contributed by atoms with Crippen LogP contribution in [0.3, 0.4) is 0 Å². The quantitative estimate of drug-likeness (QED) is 0.946. The van der Waals surface area contributed by atoms with Crippen molar-refractivity contribution in [1.82, 2.24) is 14.8 Å². The number of aryl methyl sites for hydroxylation is 1. The van der Waals surface area contributed by atoms with E-state index in [0.29, 0.717) is 6.61 Å². The number of hydrogen-bond acceptors (Lipinski definition) is 4. The van der Waals surface area contributed by atoms with Gasteiger partial charge >= 0.3 is 0 Å². The predicted octanol–water partition coefficient (Wildman–Crippen LogP) is 2.55. The van der Waals surface area contributed by atoms with Crippen LogP contribution in [0.1, 0.15) is 18.2 Å². The van der Waals surface area contributed by atoms with Gasteiger partial charge < -0.3 is 10.1 Å². The zero-order valence-electron chi connectivity index (χ0n) is 10.9. The first-order valence-electron chi connectivity index (χ1n) is 6.32. The van der Waals surface area contributed by atoms with E-state index in [1.807, 2.05) is 13.1 Å². The van der Waals surface area contributed by atoms with Gasteiger partial charge in [0.25, 0.3) is 0 Å². The van der Waals surface area contributed by atoms with E-state index in [1.165, 1.54) is 12.3 Å². The van der Waals surface area contributed by atoms with Crippen LogP contribution in [-0.2, 0) is 11.8 Å². The SMILES string of the molecule is Cn1nccc1[C@H]1OCC[C@@H]1Nc1ncc(Cl)cc1F. The first-order valence-corrected chi connectivity index (χ1v) is 6.70. The fourth-order valence-corrected chi connectivity index (χ4v) is 2.53. The number of hydrogen-bond donors (Lipinski definition) is 1. The molecule has 1 aliphatic heterocycles. The molecule has 7 heteroatoms. The van der Waals surface area contributed by atoms with Gasteiger partial charge in [0.2, 0.25) is 0 Å². The van der Waals surface area contributed by atoms with Crippen LogP contribution < -0.4 is 5.32 Å². The third-order valence-corrected chi connectivity index (χ3v) is 3.58. The summed E-state index contributed by atoms with van der Waals surface area (Å²) in [5.41, 5.74) is 0.953. The molecule has 0 unspecified atom stereocenters. The molecule has 0 aliphatic carbocycles. The monoisotopic (exact) mass is 296 g/mol. The van der Waals surface area contributed by atoms with Crippen LogP contribution in [0.5, 0.6) is 0 Å². The van der Waals surface area contributed by atoms with Gasteiger partial charge in [-0.05, 0) is 18.6 Å². The second-order valence-electron chi connectivity index (χ2n) is 4.69. The molecular weight excluding hydrogens is 283 g/mol. The van der Waals surface area contributed by atoms with Crippen molar-refractivity contribution in [3.05, 3.63) is 41.1 Å². The Morgan fingerprint density at radius 1 is 1.55 bits per heavy atom. The number of pyridine rings is 1. The summed E-state index contributed by atoms with van der Waals surface area (Å²) in [6.07, 6.45) is 3.75. The fourth-order valence-electron chi connectivity index (χ4n) is 2.39. The topological polar surface area (TPSA) is 52.0 Å². The first-order chi connectivity index (χ1) is 9.65. The molecule has 1 fully saturated rings. The van der Waals surface area contributed by atoms with E-state index in [1.54, 1.807) is 10.9 Å². The number of nitrogens with zero attached hydrogens (tertiary/aromatic N) is 3. The molecule has 0 aromatic carbocycles. The number of nitrogens with one attached hydrogen (secondary N) is 1. The van der Waals surface area contributed by atoms with Crippen molar-refractivity contribution in [3.63, 3.8) is 0 Å². The smallest absolute Gasteiger partial charge is 0.166 e. The summed E-state index contributed by atoms with van der Waals surface area (Å²) in [5, 5.41) is 7.50. The molecule has 106 valence electrons. The summed E-state index contributed by atoms with van der Waals surface area (Å²) in [7, 11) is 1.86. The molecule has 3 rings (SSSR count). The molecule has 2 atom stereocenters. The third kappa shape index (κ3) is 2.48. The Balaban J connectivity index is 1.81. The van der Waals surface area contributed by atoms with Crippen molar-refractivity contribution in [2.45, 2.75) is 18.6 Å². The standard InChI is InChI=1S/C13H14ClFN4O/c1-19-11(2-4-17-19)12-10(3-5-20-12)18-13-9(15)6-8(14)7-16-13/h2,4,6-7,10,12H,3,5H2,1H3,(H,16,18)/t10-,12-/m0/s1. The van der Waals surface area contributed by atoms with Crippen LogP contribution >= 0.6 is 11.6 Å². The molecule has 20 heavy (non-hydrogen) atoms. The predicted molar refractivity (Wildman–Crippen MR) is 73.1 cm³/mol. The maximum atomic E-state index is 13.8. The Morgan fingerprint density at radius 3 is 3.10 bits per heavy atom. The zero-order chi connectivity index (χ0) is 14.1. The van der Waals surface area contributed by atoms with Crippen molar-refractivity contribution in [2.24, 2.45) is 7.05 Å². The van der Waals surface area contributed by atoms with Gasteiger partial charge in [0.05, 0.1) is 16.8 Å². The van der Waals surface area contributed by atoms with E-state index in [4.69, 9.17) is 16.3 Å². The molecule has 5 nitrogen and oxygen atoms in total. The molecule has 0 spiro atoms. The van der Waals surface area contributed by atoms with Crippen molar-refractivity contribution >= 4 is 17.4 Å². The fraction of sp³-hybridized carbons (Fsp3) is 0.385. The minimum Gasteiger partial charge on any atom is -0.370 e. The van der Waals surface area contributed by atoms with E-state index < -0.39 is 5.82 Å². The first kappa shape index (κ1) is 13.3. The lowest BCUT2D eigenvalue weighted by Gasteiger charge is -2.20. The highest BCUT2D eigenvalue weighted by Gasteiger charge is 2.32. The van der Waals surface area contributed by atoms with Crippen molar-refractivity contribution in [3.8, 4) is 0 Å². The minimum absolute atomic E-state index is 0.0476. The van der Waals surface area contributed by atoms with Gasteiger partial charge in [-0.15, -0.1) is 0 Å². The molecular formula is C13H14ClFN4O. The third-order valence-electron chi connectivity index (χ3n) is 3.37. The summed E-state index contributed by atoms with van der Waals surface area (Å²) >= 11 is 5.70. The van der Waals surface area contributed by atoms with Crippen LogP contribution in [0.15, 0.2) is 24.5 Å². The number of aromatic nitrogens is 3. The minimum atomic E-state index is -0.465. The maximum absolute atomic E-state index is 13.8. The molecule has 0 radical (unpaired) electrons. The van der Waals surface area contributed by atoms with E-state index in [-0.39, 0.29) is 23.0 Å². The largest absolute Gasteiger partial charge is 0.370 e. The van der Waals surface area contributed by atoms with Crippen molar-refractivity contribution in [2.75, 3.05) is 11.9 Å². The van der Waals surface area contributed by atoms with Gasteiger partial charge in [-0.3, -0.25) is 4.68 Å². The lowest BCUT2D eigenvalue weighted by Crippen LogP contribution is -2.25. The molecule has 1 saturated heterocycles. The number of rotatable bonds is 3. The van der Waals surface area contributed by atoms with Crippen molar-refractivity contribution in [1.29, 1.82) is 0 Å². The molecule has 3 heterocycles. The Morgan fingerprint density at radius 2 is 2.40 bits per heavy atom. The summed E-state index contributed by atoms with van der Waals surface area (Å²) in [6.45, 7) is 0.614. The highest BCUT2D eigenvalue weighted by molar-refractivity contribution is 6.30.